The molecular weight excluding hydrogens is 254 g/mol. The van der Waals surface area contributed by atoms with Gasteiger partial charge >= 0.3 is 11.8 Å². The van der Waals surface area contributed by atoms with Crippen molar-refractivity contribution < 1.29 is 9.59 Å². The van der Waals surface area contributed by atoms with Crippen molar-refractivity contribution in [3.05, 3.63) is 53.3 Å². The predicted molar refractivity (Wildman–Crippen MR) is 78.1 cm³/mol. The van der Waals surface area contributed by atoms with Crippen LogP contribution in [0.5, 0.6) is 0 Å². The molecule has 104 valence electrons. The monoisotopic (exact) mass is 271 g/mol. The number of anilines is 1. The van der Waals surface area contributed by atoms with Crippen LogP contribution in [0.2, 0.25) is 0 Å². The number of hydrogen-bond donors (Lipinski definition) is 2. The molecule has 20 heavy (non-hydrogen) atoms. The summed E-state index contributed by atoms with van der Waals surface area (Å²) in [6, 6.07) is 11.0. The molecule has 0 radical (unpaired) electrons. The first-order valence-electron chi connectivity index (χ1n) is 6.31. The number of hydrogen-bond acceptors (Lipinski definition) is 2. The standard InChI is InChI=1S/C15H17N3O2/c1-10-4-8-13(9-5-10)16-14(19)15(20)17-18-11(2)6-7-12(18)3/h4-9H,1-3H3,(H,16,19)(H,17,20). The van der Waals surface area contributed by atoms with E-state index < -0.39 is 11.8 Å². The fourth-order valence-corrected chi connectivity index (χ4v) is 1.82. The fraction of sp³-hybridized carbons (Fsp3) is 0.200. The molecule has 0 aliphatic carbocycles. The third-order valence-corrected chi connectivity index (χ3v) is 3.00. The lowest BCUT2D eigenvalue weighted by molar-refractivity contribution is -0.133. The first kappa shape index (κ1) is 13.9. The maximum Gasteiger partial charge on any atom is 0.328 e. The number of aryl methyl sites for hydroxylation is 3. The van der Waals surface area contributed by atoms with E-state index in [1.54, 1.807) is 16.8 Å². The van der Waals surface area contributed by atoms with Gasteiger partial charge in [-0.15, -0.1) is 0 Å². The zero-order valence-electron chi connectivity index (χ0n) is 11.7. The normalized spacial score (nSPS) is 10.2. The summed E-state index contributed by atoms with van der Waals surface area (Å²) in [6.07, 6.45) is 0. The molecule has 5 heteroatoms. The minimum atomic E-state index is -0.701. The minimum absolute atomic E-state index is 0.594. The second kappa shape index (κ2) is 5.61. The van der Waals surface area contributed by atoms with E-state index in [-0.39, 0.29) is 0 Å². The van der Waals surface area contributed by atoms with Crippen LogP contribution >= 0.6 is 0 Å². The average molecular weight is 271 g/mol. The number of amides is 2. The van der Waals surface area contributed by atoms with E-state index >= 15 is 0 Å². The Hall–Kier alpha value is -2.56. The Balaban J connectivity index is 2.02. The highest BCUT2D eigenvalue weighted by Gasteiger charge is 2.15. The molecule has 0 fully saturated rings. The SMILES string of the molecule is Cc1ccc(NC(=O)C(=O)Nn2c(C)ccc2C)cc1. The van der Waals surface area contributed by atoms with Crippen LogP contribution in [-0.4, -0.2) is 16.5 Å². The summed E-state index contributed by atoms with van der Waals surface area (Å²) in [7, 11) is 0. The van der Waals surface area contributed by atoms with Gasteiger partial charge in [0.15, 0.2) is 0 Å². The Morgan fingerprint density at radius 2 is 1.40 bits per heavy atom. The lowest BCUT2D eigenvalue weighted by atomic mass is 10.2. The van der Waals surface area contributed by atoms with Gasteiger partial charge in [0.2, 0.25) is 0 Å². The number of carbonyl (C=O) groups is 2. The lowest BCUT2D eigenvalue weighted by Crippen LogP contribution is -2.35. The molecule has 0 aliphatic heterocycles. The van der Waals surface area contributed by atoms with Crippen molar-refractivity contribution in [1.82, 2.24) is 4.68 Å². The summed E-state index contributed by atoms with van der Waals surface area (Å²) in [4.78, 5) is 23.7. The Kier molecular flexibility index (Phi) is 3.89. The molecule has 2 rings (SSSR count). The van der Waals surface area contributed by atoms with Crippen molar-refractivity contribution in [2.24, 2.45) is 0 Å². The Morgan fingerprint density at radius 1 is 0.850 bits per heavy atom. The maximum atomic E-state index is 11.8. The Labute approximate surface area is 117 Å². The van der Waals surface area contributed by atoms with Crippen LogP contribution in [0.25, 0.3) is 0 Å². The van der Waals surface area contributed by atoms with Crippen molar-refractivity contribution in [2.45, 2.75) is 20.8 Å². The van der Waals surface area contributed by atoms with Crippen molar-refractivity contribution in [3.8, 4) is 0 Å². The van der Waals surface area contributed by atoms with E-state index in [2.05, 4.69) is 10.7 Å². The molecule has 0 atom stereocenters. The summed E-state index contributed by atoms with van der Waals surface area (Å²) < 4.78 is 1.58. The molecule has 0 bridgehead atoms. The average Bonchev–Trinajstić information content (AvgIpc) is 2.73. The molecule has 0 unspecified atom stereocenters. The van der Waals surface area contributed by atoms with E-state index in [1.165, 1.54) is 0 Å². The number of nitrogens with zero attached hydrogens (tertiary/aromatic N) is 1. The molecule has 1 aromatic carbocycles. The zero-order valence-corrected chi connectivity index (χ0v) is 11.7. The molecule has 2 N–H and O–H groups in total. The Morgan fingerprint density at radius 3 is 1.95 bits per heavy atom. The third-order valence-electron chi connectivity index (χ3n) is 3.00. The molecule has 0 spiro atoms. The van der Waals surface area contributed by atoms with Crippen LogP contribution in [0.1, 0.15) is 17.0 Å². The molecule has 0 saturated carbocycles. The van der Waals surface area contributed by atoms with Gasteiger partial charge in [0, 0.05) is 17.1 Å². The van der Waals surface area contributed by atoms with E-state index in [0.29, 0.717) is 5.69 Å². The third kappa shape index (κ3) is 3.06. The number of benzene rings is 1. The molecule has 1 heterocycles. The molecule has 1 aromatic heterocycles. The largest absolute Gasteiger partial charge is 0.328 e. The summed E-state index contributed by atoms with van der Waals surface area (Å²) in [5, 5.41) is 2.56. The van der Waals surface area contributed by atoms with Gasteiger partial charge in [-0.25, -0.2) is 0 Å². The minimum Gasteiger partial charge on any atom is -0.318 e. The molecule has 0 aliphatic rings. The molecule has 2 amide bonds. The quantitative estimate of drug-likeness (QED) is 0.822. The van der Waals surface area contributed by atoms with Crippen LogP contribution < -0.4 is 10.7 Å². The van der Waals surface area contributed by atoms with Gasteiger partial charge in [0.05, 0.1) is 0 Å². The first-order chi connectivity index (χ1) is 9.47. The van der Waals surface area contributed by atoms with Crippen LogP contribution in [-0.2, 0) is 9.59 Å². The van der Waals surface area contributed by atoms with Gasteiger partial charge < -0.3 is 5.32 Å². The van der Waals surface area contributed by atoms with Crippen LogP contribution in [0.3, 0.4) is 0 Å². The second-order valence-electron chi connectivity index (χ2n) is 4.71. The number of rotatable bonds is 2. The topological polar surface area (TPSA) is 63.1 Å². The summed E-state index contributed by atoms with van der Waals surface area (Å²) in [6.45, 7) is 5.66. The fourth-order valence-electron chi connectivity index (χ4n) is 1.82. The van der Waals surface area contributed by atoms with Crippen molar-refractivity contribution in [2.75, 3.05) is 10.7 Å². The van der Waals surface area contributed by atoms with Crippen LogP contribution in [0.15, 0.2) is 36.4 Å². The number of nitrogens with one attached hydrogen (secondary N) is 2. The van der Waals surface area contributed by atoms with Gasteiger partial charge in [-0.05, 0) is 45.0 Å². The lowest BCUT2D eigenvalue weighted by Gasteiger charge is -2.11. The first-order valence-corrected chi connectivity index (χ1v) is 6.31. The highest BCUT2D eigenvalue weighted by Crippen LogP contribution is 2.08. The van der Waals surface area contributed by atoms with Gasteiger partial charge in [-0.3, -0.25) is 19.7 Å². The van der Waals surface area contributed by atoms with Gasteiger partial charge in [0.1, 0.15) is 0 Å². The smallest absolute Gasteiger partial charge is 0.318 e. The van der Waals surface area contributed by atoms with Gasteiger partial charge in [-0.1, -0.05) is 17.7 Å². The second-order valence-corrected chi connectivity index (χ2v) is 4.71. The van der Waals surface area contributed by atoms with Crippen LogP contribution in [0.4, 0.5) is 5.69 Å². The van der Waals surface area contributed by atoms with E-state index in [1.807, 2.05) is 45.0 Å². The van der Waals surface area contributed by atoms with E-state index in [0.717, 1.165) is 17.0 Å². The van der Waals surface area contributed by atoms with Crippen molar-refractivity contribution >= 4 is 17.5 Å². The van der Waals surface area contributed by atoms with Crippen molar-refractivity contribution in [1.29, 1.82) is 0 Å². The van der Waals surface area contributed by atoms with E-state index in [9.17, 15) is 9.59 Å². The highest BCUT2D eigenvalue weighted by molar-refractivity contribution is 6.42. The maximum absolute atomic E-state index is 11.8. The molecule has 5 nitrogen and oxygen atoms in total. The summed E-state index contributed by atoms with van der Waals surface area (Å²) >= 11 is 0. The highest BCUT2D eigenvalue weighted by atomic mass is 16.2. The summed E-state index contributed by atoms with van der Waals surface area (Å²) in [5.41, 5.74) is 5.96. The zero-order chi connectivity index (χ0) is 14.7. The molecule has 2 aromatic rings. The van der Waals surface area contributed by atoms with Gasteiger partial charge in [-0.2, -0.15) is 0 Å². The predicted octanol–water partition coefficient (Wildman–Crippen LogP) is 2.12. The number of aromatic nitrogens is 1. The summed E-state index contributed by atoms with van der Waals surface area (Å²) in [5.74, 6) is -1.39. The number of carbonyl (C=O) groups excluding carboxylic acids is 2. The molecule has 0 saturated heterocycles. The van der Waals surface area contributed by atoms with Crippen LogP contribution in [0, 0.1) is 20.8 Å². The van der Waals surface area contributed by atoms with Gasteiger partial charge in [0.25, 0.3) is 0 Å². The van der Waals surface area contributed by atoms with E-state index in [4.69, 9.17) is 0 Å². The molecular formula is C15H17N3O2. The van der Waals surface area contributed by atoms with Crippen molar-refractivity contribution in [3.63, 3.8) is 0 Å². The Bertz CT molecular complexity index is 622.